The highest BCUT2D eigenvalue weighted by molar-refractivity contribution is 14.0. The number of amides is 1. The first kappa shape index (κ1) is 23.2. The Kier molecular flexibility index (Phi) is 11.1. The van der Waals surface area contributed by atoms with Crippen molar-refractivity contribution in [1.29, 1.82) is 0 Å². The van der Waals surface area contributed by atoms with Crippen LogP contribution in [0.4, 0.5) is 0 Å². The average molecular weight is 539 g/mol. The van der Waals surface area contributed by atoms with E-state index in [0.717, 1.165) is 36.0 Å². The van der Waals surface area contributed by atoms with Crippen LogP contribution < -0.4 is 10.6 Å². The molecule has 1 heterocycles. The van der Waals surface area contributed by atoms with E-state index in [-0.39, 0.29) is 36.0 Å². The SMILES string of the molecule is CN=C(NCCC(=O)N(C)Cc1ccccc1Br)NCC1CCCO1.I. The molecule has 0 bridgehead atoms. The minimum Gasteiger partial charge on any atom is -0.376 e. The first-order chi connectivity index (χ1) is 12.1. The maximum atomic E-state index is 12.3. The lowest BCUT2D eigenvalue weighted by Gasteiger charge is -2.19. The lowest BCUT2D eigenvalue weighted by Crippen LogP contribution is -2.42. The summed E-state index contributed by atoms with van der Waals surface area (Å²) in [4.78, 5) is 18.2. The summed E-state index contributed by atoms with van der Waals surface area (Å²) in [7, 11) is 3.55. The monoisotopic (exact) mass is 538 g/mol. The second kappa shape index (κ2) is 12.5. The summed E-state index contributed by atoms with van der Waals surface area (Å²) in [6, 6.07) is 7.94. The van der Waals surface area contributed by atoms with Crippen LogP contribution in [0.1, 0.15) is 24.8 Å². The summed E-state index contributed by atoms with van der Waals surface area (Å²) in [6.07, 6.45) is 2.89. The predicted octanol–water partition coefficient (Wildman–Crippen LogP) is 2.76. The van der Waals surface area contributed by atoms with E-state index in [1.165, 1.54) is 0 Å². The van der Waals surface area contributed by atoms with Crippen LogP contribution in [-0.2, 0) is 16.1 Å². The van der Waals surface area contributed by atoms with Gasteiger partial charge in [0.05, 0.1) is 6.10 Å². The Hall–Kier alpha value is -0.870. The molecule has 1 aromatic rings. The lowest BCUT2D eigenvalue weighted by atomic mass is 10.2. The van der Waals surface area contributed by atoms with Crippen LogP contribution in [0, 0.1) is 0 Å². The maximum absolute atomic E-state index is 12.3. The molecule has 1 saturated heterocycles. The van der Waals surface area contributed by atoms with Gasteiger partial charge in [0.1, 0.15) is 0 Å². The number of aliphatic imine (C=N–C) groups is 1. The Morgan fingerprint density at radius 1 is 1.38 bits per heavy atom. The number of halogens is 2. The molecular weight excluding hydrogens is 511 g/mol. The second-order valence-corrected chi connectivity index (χ2v) is 6.96. The third-order valence-corrected chi connectivity index (χ3v) is 4.94. The number of carbonyl (C=O) groups excluding carboxylic acids is 1. The van der Waals surface area contributed by atoms with Gasteiger partial charge in [-0.3, -0.25) is 9.79 Å². The molecule has 1 aliphatic rings. The smallest absolute Gasteiger partial charge is 0.224 e. The fourth-order valence-electron chi connectivity index (χ4n) is 2.69. The van der Waals surface area contributed by atoms with Crippen molar-refractivity contribution >= 4 is 51.8 Å². The molecular formula is C18H28BrIN4O2. The van der Waals surface area contributed by atoms with Gasteiger partial charge in [0.2, 0.25) is 5.91 Å². The summed E-state index contributed by atoms with van der Waals surface area (Å²) in [6.45, 7) is 2.73. The molecule has 1 atom stereocenters. The van der Waals surface area contributed by atoms with E-state index in [2.05, 4.69) is 31.6 Å². The number of hydrogen-bond donors (Lipinski definition) is 2. The van der Waals surface area contributed by atoms with Gasteiger partial charge < -0.3 is 20.3 Å². The summed E-state index contributed by atoms with van der Waals surface area (Å²) in [5, 5.41) is 6.43. The van der Waals surface area contributed by atoms with Crippen molar-refractivity contribution in [2.24, 2.45) is 4.99 Å². The first-order valence-corrected chi connectivity index (χ1v) is 9.43. The second-order valence-electron chi connectivity index (χ2n) is 6.11. The van der Waals surface area contributed by atoms with Crippen LogP contribution in [0.5, 0.6) is 0 Å². The number of guanidine groups is 1. The first-order valence-electron chi connectivity index (χ1n) is 8.63. The molecule has 0 saturated carbocycles. The third-order valence-electron chi connectivity index (χ3n) is 4.17. The lowest BCUT2D eigenvalue weighted by molar-refractivity contribution is -0.130. The number of nitrogens with one attached hydrogen (secondary N) is 2. The highest BCUT2D eigenvalue weighted by atomic mass is 127. The van der Waals surface area contributed by atoms with Crippen molar-refractivity contribution in [2.45, 2.75) is 31.9 Å². The molecule has 26 heavy (non-hydrogen) atoms. The zero-order valence-electron chi connectivity index (χ0n) is 15.3. The van der Waals surface area contributed by atoms with Gasteiger partial charge in [0.15, 0.2) is 5.96 Å². The maximum Gasteiger partial charge on any atom is 0.224 e. The van der Waals surface area contributed by atoms with Gasteiger partial charge in [-0.05, 0) is 24.5 Å². The van der Waals surface area contributed by atoms with E-state index >= 15 is 0 Å². The van der Waals surface area contributed by atoms with Crippen molar-refractivity contribution in [1.82, 2.24) is 15.5 Å². The molecule has 8 heteroatoms. The van der Waals surface area contributed by atoms with Gasteiger partial charge in [-0.1, -0.05) is 34.1 Å². The topological polar surface area (TPSA) is 66.0 Å². The third kappa shape index (κ3) is 7.79. The van der Waals surface area contributed by atoms with Crippen molar-refractivity contribution < 1.29 is 9.53 Å². The Balaban J connectivity index is 0.00000338. The van der Waals surface area contributed by atoms with Gasteiger partial charge in [-0.15, -0.1) is 24.0 Å². The highest BCUT2D eigenvalue weighted by Gasteiger charge is 2.15. The number of ether oxygens (including phenoxy) is 1. The van der Waals surface area contributed by atoms with Crippen LogP contribution in [-0.4, -0.2) is 56.7 Å². The van der Waals surface area contributed by atoms with Crippen LogP contribution in [0.2, 0.25) is 0 Å². The van der Waals surface area contributed by atoms with Gasteiger partial charge in [-0.25, -0.2) is 0 Å². The quantitative estimate of drug-likeness (QED) is 0.318. The van der Waals surface area contributed by atoms with Crippen LogP contribution in [0.25, 0.3) is 0 Å². The Labute approximate surface area is 181 Å². The predicted molar refractivity (Wildman–Crippen MR) is 119 cm³/mol. The number of rotatable bonds is 7. The Bertz CT molecular complexity index is 594. The van der Waals surface area contributed by atoms with Crippen molar-refractivity contribution in [3.05, 3.63) is 34.3 Å². The van der Waals surface area contributed by atoms with Crippen LogP contribution >= 0.6 is 39.9 Å². The summed E-state index contributed by atoms with van der Waals surface area (Å²) in [5.74, 6) is 0.801. The normalized spacial score (nSPS) is 16.7. The van der Waals surface area contributed by atoms with Crippen molar-refractivity contribution in [3.8, 4) is 0 Å². The number of nitrogens with zero attached hydrogens (tertiary/aromatic N) is 2. The van der Waals surface area contributed by atoms with E-state index in [1.54, 1.807) is 11.9 Å². The molecule has 146 valence electrons. The van der Waals surface area contributed by atoms with Gasteiger partial charge in [0.25, 0.3) is 0 Å². The van der Waals surface area contributed by atoms with Crippen LogP contribution in [0.3, 0.4) is 0 Å². The average Bonchev–Trinajstić information content (AvgIpc) is 3.13. The molecule has 0 spiro atoms. The molecule has 0 radical (unpaired) electrons. The fraction of sp³-hybridized carbons (Fsp3) is 0.556. The molecule has 1 aliphatic heterocycles. The number of hydrogen-bond acceptors (Lipinski definition) is 3. The molecule has 1 amide bonds. The molecule has 6 nitrogen and oxygen atoms in total. The van der Waals surface area contributed by atoms with E-state index in [9.17, 15) is 4.79 Å². The zero-order valence-corrected chi connectivity index (χ0v) is 19.2. The molecule has 2 rings (SSSR count). The van der Waals surface area contributed by atoms with E-state index in [1.807, 2.05) is 31.3 Å². The van der Waals surface area contributed by atoms with Crippen molar-refractivity contribution in [2.75, 3.05) is 33.8 Å². The number of benzene rings is 1. The Morgan fingerprint density at radius 2 is 2.15 bits per heavy atom. The standard InChI is InChI=1S/C18H27BrN4O2.HI/c1-20-18(22-12-15-7-5-11-25-15)21-10-9-17(24)23(2)13-14-6-3-4-8-16(14)19;/h3-4,6,8,15H,5,7,9-13H2,1-2H3,(H2,20,21,22);1H. The minimum atomic E-state index is 0. The molecule has 1 fully saturated rings. The molecule has 0 aromatic heterocycles. The van der Waals surface area contributed by atoms with E-state index in [0.29, 0.717) is 25.5 Å². The highest BCUT2D eigenvalue weighted by Crippen LogP contribution is 2.17. The van der Waals surface area contributed by atoms with E-state index in [4.69, 9.17) is 4.74 Å². The number of carbonyl (C=O) groups is 1. The summed E-state index contributed by atoms with van der Waals surface area (Å²) in [5.41, 5.74) is 1.10. The van der Waals surface area contributed by atoms with Crippen molar-refractivity contribution in [3.63, 3.8) is 0 Å². The van der Waals surface area contributed by atoms with Gasteiger partial charge in [0, 0.05) is 51.2 Å². The van der Waals surface area contributed by atoms with E-state index < -0.39 is 0 Å². The largest absolute Gasteiger partial charge is 0.376 e. The minimum absolute atomic E-state index is 0. The van der Waals surface area contributed by atoms with Gasteiger partial charge >= 0.3 is 0 Å². The summed E-state index contributed by atoms with van der Waals surface area (Å²) < 4.78 is 6.60. The van der Waals surface area contributed by atoms with Crippen LogP contribution in [0.15, 0.2) is 33.7 Å². The molecule has 1 aromatic carbocycles. The molecule has 1 unspecified atom stereocenters. The summed E-state index contributed by atoms with van der Waals surface area (Å²) >= 11 is 3.52. The Morgan fingerprint density at radius 3 is 2.81 bits per heavy atom. The zero-order chi connectivity index (χ0) is 18.1. The molecule has 0 aliphatic carbocycles. The molecule has 2 N–H and O–H groups in total. The fourth-order valence-corrected chi connectivity index (χ4v) is 3.10. The van der Waals surface area contributed by atoms with Gasteiger partial charge in [-0.2, -0.15) is 0 Å².